The van der Waals surface area contributed by atoms with E-state index in [1.54, 1.807) is 12.1 Å². The van der Waals surface area contributed by atoms with Crippen molar-refractivity contribution in [3.8, 4) is 5.75 Å². The van der Waals surface area contributed by atoms with Crippen molar-refractivity contribution in [3.05, 3.63) is 65.0 Å². The van der Waals surface area contributed by atoms with Crippen molar-refractivity contribution >= 4 is 0 Å². The summed E-state index contributed by atoms with van der Waals surface area (Å²) in [5.41, 5.74) is 3.54. The van der Waals surface area contributed by atoms with E-state index in [2.05, 4.69) is 30.4 Å². The monoisotopic (exact) mass is 285 g/mol. The Bertz CT molecular complexity index is 626. The minimum atomic E-state index is -0.183. The van der Waals surface area contributed by atoms with Crippen molar-refractivity contribution in [1.82, 2.24) is 5.32 Å². The molecule has 2 aromatic carbocycles. The molecule has 3 heteroatoms. The summed E-state index contributed by atoms with van der Waals surface area (Å²) in [5, 5.41) is 3.51. The summed E-state index contributed by atoms with van der Waals surface area (Å²) in [7, 11) is 0. The van der Waals surface area contributed by atoms with E-state index in [0.29, 0.717) is 6.54 Å². The van der Waals surface area contributed by atoms with Crippen LogP contribution in [0, 0.1) is 5.82 Å². The zero-order valence-electron chi connectivity index (χ0n) is 12.2. The summed E-state index contributed by atoms with van der Waals surface area (Å²) < 4.78 is 18.8. The molecule has 1 N–H and O–H groups in total. The fraction of sp³-hybridized carbons (Fsp3) is 0.333. The average Bonchev–Trinajstić information content (AvgIpc) is 2.95. The van der Waals surface area contributed by atoms with E-state index >= 15 is 0 Å². The number of hydrogen-bond donors (Lipinski definition) is 1. The molecule has 1 atom stereocenters. The largest absolute Gasteiger partial charge is 0.493 e. The standard InChI is InChI=1S/C18H20FNO/c1-2-17(20-12-13-4-3-5-16(19)10-13)14-6-7-18-15(11-14)8-9-21-18/h3-7,10-11,17,20H,2,8-9,12H2,1H3. The van der Waals surface area contributed by atoms with Crippen molar-refractivity contribution < 1.29 is 9.13 Å². The highest BCUT2D eigenvalue weighted by Gasteiger charge is 2.15. The van der Waals surface area contributed by atoms with Gasteiger partial charge >= 0.3 is 0 Å². The lowest BCUT2D eigenvalue weighted by Gasteiger charge is -2.18. The Hall–Kier alpha value is -1.87. The van der Waals surface area contributed by atoms with E-state index in [-0.39, 0.29) is 11.9 Å². The maximum Gasteiger partial charge on any atom is 0.123 e. The maximum absolute atomic E-state index is 13.2. The zero-order valence-corrected chi connectivity index (χ0v) is 12.2. The van der Waals surface area contributed by atoms with E-state index in [9.17, 15) is 4.39 Å². The van der Waals surface area contributed by atoms with Crippen LogP contribution in [0.5, 0.6) is 5.75 Å². The second kappa shape index (κ2) is 6.27. The SMILES string of the molecule is CCC(NCc1cccc(F)c1)c1ccc2c(c1)CCO2. The summed E-state index contributed by atoms with van der Waals surface area (Å²) >= 11 is 0. The van der Waals surface area contributed by atoms with Crippen LogP contribution in [-0.4, -0.2) is 6.61 Å². The minimum Gasteiger partial charge on any atom is -0.493 e. The normalized spacial score (nSPS) is 14.6. The molecule has 0 aliphatic carbocycles. The molecule has 0 spiro atoms. The van der Waals surface area contributed by atoms with Crippen molar-refractivity contribution in [2.24, 2.45) is 0 Å². The number of fused-ring (bicyclic) bond motifs is 1. The number of halogens is 1. The summed E-state index contributed by atoms with van der Waals surface area (Å²) in [6, 6.07) is 13.4. The van der Waals surface area contributed by atoms with Crippen molar-refractivity contribution in [3.63, 3.8) is 0 Å². The predicted octanol–water partition coefficient (Wildman–Crippen LogP) is 4.00. The van der Waals surface area contributed by atoms with Gasteiger partial charge in [-0.05, 0) is 41.3 Å². The Morgan fingerprint density at radius 3 is 2.95 bits per heavy atom. The molecule has 0 fully saturated rings. The smallest absolute Gasteiger partial charge is 0.123 e. The first-order valence-corrected chi connectivity index (χ1v) is 7.49. The van der Waals surface area contributed by atoms with Crippen LogP contribution in [0.4, 0.5) is 4.39 Å². The third-order valence-corrected chi connectivity index (χ3v) is 3.97. The van der Waals surface area contributed by atoms with Gasteiger partial charge in [0.1, 0.15) is 11.6 Å². The molecule has 0 amide bonds. The summed E-state index contributed by atoms with van der Waals surface area (Å²) in [4.78, 5) is 0. The Morgan fingerprint density at radius 1 is 1.24 bits per heavy atom. The van der Waals surface area contributed by atoms with E-state index in [0.717, 1.165) is 30.8 Å². The van der Waals surface area contributed by atoms with Crippen LogP contribution in [0.15, 0.2) is 42.5 Å². The first-order valence-electron chi connectivity index (χ1n) is 7.49. The molecule has 0 saturated carbocycles. The van der Waals surface area contributed by atoms with Crippen LogP contribution in [0.25, 0.3) is 0 Å². The molecule has 3 rings (SSSR count). The summed E-state index contributed by atoms with van der Waals surface area (Å²) in [5.74, 6) is 0.829. The summed E-state index contributed by atoms with van der Waals surface area (Å²) in [6.07, 6.45) is 1.98. The second-order valence-electron chi connectivity index (χ2n) is 5.44. The Morgan fingerprint density at radius 2 is 2.14 bits per heavy atom. The Balaban J connectivity index is 1.70. The quantitative estimate of drug-likeness (QED) is 0.896. The van der Waals surface area contributed by atoms with Gasteiger partial charge in [-0.3, -0.25) is 0 Å². The van der Waals surface area contributed by atoms with Gasteiger partial charge < -0.3 is 10.1 Å². The number of rotatable bonds is 5. The fourth-order valence-corrected chi connectivity index (χ4v) is 2.81. The first-order chi connectivity index (χ1) is 10.3. The average molecular weight is 285 g/mol. The van der Waals surface area contributed by atoms with Crippen molar-refractivity contribution in [1.29, 1.82) is 0 Å². The lowest BCUT2D eigenvalue weighted by molar-refractivity contribution is 0.356. The highest BCUT2D eigenvalue weighted by atomic mass is 19.1. The van der Waals surface area contributed by atoms with E-state index in [4.69, 9.17) is 4.74 Å². The zero-order chi connectivity index (χ0) is 14.7. The van der Waals surface area contributed by atoms with Crippen LogP contribution >= 0.6 is 0 Å². The molecular weight excluding hydrogens is 265 g/mol. The van der Waals surface area contributed by atoms with Gasteiger partial charge in [-0.1, -0.05) is 31.2 Å². The van der Waals surface area contributed by atoms with Crippen molar-refractivity contribution in [2.45, 2.75) is 32.4 Å². The third-order valence-electron chi connectivity index (χ3n) is 3.97. The second-order valence-corrected chi connectivity index (χ2v) is 5.44. The number of benzene rings is 2. The van der Waals surface area contributed by atoms with Gasteiger partial charge in [-0.2, -0.15) is 0 Å². The lowest BCUT2D eigenvalue weighted by atomic mass is 10.0. The van der Waals surface area contributed by atoms with E-state index in [1.165, 1.54) is 17.2 Å². The van der Waals surface area contributed by atoms with Crippen LogP contribution in [-0.2, 0) is 13.0 Å². The lowest BCUT2D eigenvalue weighted by Crippen LogP contribution is -2.20. The third kappa shape index (κ3) is 3.24. The Labute approximate surface area is 125 Å². The van der Waals surface area contributed by atoms with Gasteiger partial charge in [-0.25, -0.2) is 4.39 Å². The molecule has 1 aliphatic heterocycles. The molecule has 1 heterocycles. The van der Waals surface area contributed by atoms with Gasteiger partial charge in [0.25, 0.3) is 0 Å². The van der Waals surface area contributed by atoms with Crippen LogP contribution in [0.3, 0.4) is 0 Å². The van der Waals surface area contributed by atoms with Gasteiger partial charge in [0.05, 0.1) is 6.61 Å². The van der Waals surface area contributed by atoms with Crippen molar-refractivity contribution in [2.75, 3.05) is 6.61 Å². The first kappa shape index (κ1) is 14.1. The molecule has 0 radical (unpaired) electrons. The topological polar surface area (TPSA) is 21.3 Å². The van der Waals surface area contributed by atoms with Gasteiger partial charge in [0.2, 0.25) is 0 Å². The molecule has 21 heavy (non-hydrogen) atoms. The molecule has 2 aromatic rings. The van der Waals surface area contributed by atoms with Gasteiger partial charge in [0.15, 0.2) is 0 Å². The fourth-order valence-electron chi connectivity index (χ4n) is 2.81. The predicted molar refractivity (Wildman–Crippen MR) is 81.9 cm³/mol. The molecule has 0 saturated heterocycles. The molecular formula is C18H20FNO. The molecule has 2 nitrogen and oxygen atoms in total. The van der Waals surface area contributed by atoms with E-state index in [1.807, 2.05) is 6.07 Å². The Kier molecular flexibility index (Phi) is 4.20. The highest BCUT2D eigenvalue weighted by molar-refractivity contribution is 5.40. The molecule has 110 valence electrons. The maximum atomic E-state index is 13.2. The van der Waals surface area contributed by atoms with Crippen LogP contribution in [0.2, 0.25) is 0 Å². The number of nitrogens with one attached hydrogen (secondary N) is 1. The van der Waals surface area contributed by atoms with E-state index < -0.39 is 0 Å². The van der Waals surface area contributed by atoms with Gasteiger partial charge in [-0.15, -0.1) is 0 Å². The highest BCUT2D eigenvalue weighted by Crippen LogP contribution is 2.29. The van der Waals surface area contributed by atoms with Crippen LogP contribution < -0.4 is 10.1 Å². The molecule has 0 aromatic heterocycles. The molecule has 1 unspecified atom stereocenters. The molecule has 1 aliphatic rings. The summed E-state index contributed by atoms with van der Waals surface area (Å²) in [6.45, 7) is 3.61. The minimum absolute atomic E-state index is 0.183. The van der Waals surface area contributed by atoms with Gasteiger partial charge in [0, 0.05) is 19.0 Å². The number of hydrogen-bond acceptors (Lipinski definition) is 2. The molecule has 0 bridgehead atoms. The number of ether oxygens (including phenoxy) is 1. The van der Waals surface area contributed by atoms with Crippen LogP contribution in [0.1, 0.15) is 36.1 Å².